The topological polar surface area (TPSA) is 83.9 Å². The molecule has 0 rings (SSSR count). The van der Waals surface area contributed by atoms with Gasteiger partial charge in [0.25, 0.3) is 0 Å². The van der Waals surface area contributed by atoms with Crippen LogP contribution >= 0.6 is 0 Å². The Morgan fingerprint density at radius 3 is 1.41 bits per heavy atom. The first-order valence-corrected chi connectivity index (χ1v) is 16.1. The first kappa shape index (κ1) is 37.0. The third kappa shape index (κ3) is 33.5. The molecular formula is C20H49HgN2O6. The SMILES string of the molecule is CC.CCN(CCOC)CCOCCOCCN(CCO)CCOC.CO.[CH3][Hg]. The van der Waals surface area contributed by atoms with Crippen LogP contribution in [0.3, 0.4) is 0 Å². The minimum absolute atomic E-state index is 0.157. The number of hydrogen-bond acceptors (Lipinski definition) is 8. The van der Waals surface area contributed by atoms with Crippen LogP contribution in [0.4, 0.5) is 0 Å². The van der Waals surface area contributed by atoms with E-state index in [1.165, 1.54) is 0 Å². The molecule has 0 amide bonds. The molecular weight excluding hydrogens is 565 g/mol. The van der Waals surface area contributed by atoms with Gasteiger partial charge < -0.3 is 29.2 Å². The molecule has 0 spiro atoms. The summed E-state index contributed by atoms with van der Waals surface area (Å²) in [7, 11) is 4.40. The van der Waals surface area contributed by atoms with Crippen molar-refractivity contribution < 1.29 is 55.3 Å². The molecule has 9 heteroatoms. The fourth-order valence-electron chi connectivity index (χ4n) is 2.05. The fourth-order valence-corrected chi connectivity index (χ4v) is 2.05. The van der Waals surface area contributed by atoms with E-state index in [1.807, 2.05) is 13.8 Å². The van der Waals surface area contributed by atoms with Gasteiger partial charge in [-0.3, -0.25) is 9.80 Å². The van der Waals surface area contributed by atoms with E-state index < -0.39 is 0 Å². The normalized spacial score (nSPS) is 9.97. The number of ether oxygens (including phenoxy) is 4. The summed E-state index contributed by atoms with van der Waals surface area (Å²) in [4.78, 5) is 4.42. The molecule has 0 aromatic heterocycles. The predicted octanol–water partition coefficient (Wildman–Crippen LogP) is 1.14. The summed E-state index contributed by atoms with van der Waals surface area (Å²) in [5, 5.41) is 16.0. The van der Waals surface area contributed by atoms with Crippen molar-refractivity contribution in [1.82, 2.24) is 9.80 Å². The Hall–Kier alpha value is 0.615. The van der Waals surface area contributed by atoms with E-state index in [9.17, 15) is 0 Å². The van der Waals surface area contributed by atoms with E-state index in [2.05, 4.69) is 21.2 Å². The molecule has 2 N–H and O–H groups in total. The third-order valence-corrected chi connectivity index (χ3v) is 3.56. The van der Waals surface area contributed by atoms with Crippen LogP contribution < -0.4 is 0 Å². The van der Waals surface area contributed by atoms with E-state index in [-0.39, 0.29) is 6.61 Å². The van der Waals surface area contributed by atoms with Crippen molar-refractivity contribution in [3.05, 3.63) is 0 Å². The standard InChI is InChI=1S/C16H36N2O5.C2H6.CH4O.CH3.Hg/c1-4-17(6-11-20-2)8-13-22-15-16-23-14-9-18(5-10-19)7-12-21-3;2*1-2;;/h19H,4-16H2,1-3H3;1-2H3;2H,1H3;1H3;. The molecule has 0 aliphatic heterocycles. The maximum atomic E-state index is 9.00. The van der Waals surface area contributed by atoms with Gasteiger partial charge in [0.2, 0.25) is 0 Å². The average molecular weight is 614 g/mol. The summed E-state index contributed by atoms with van der Waals surface area (Å²) in [5.74, 6) is 0. The molecule has 0 saturated heterocycles. The van der Waals surface area contributed by atoms with E-state index in [0.29, 0.717) is 39.6 Å². The van der Waals surface area contributed by atoms with Crippen molar-refractivity contribution in [1.29, 1.82) is 0 Å². The van der Waals surface area contributed by atoms with Gasteiger partial charge in [0.05, 0.1) is 46.2 Å². The van der Waals surface area contributed by atoms with E-state index in [4.69, 9.17) is 29.2 Å². The number of nitrogens with zero attached hydrogens (tertiary/aromatic N) is 2. The second-order valence-corrected chi connectivity index (χ2v) is 5.21. The Morgan fingerprint density at radius 1 is 0.655 bits per heavy atom. The van der Waals surface area contributed by atoms with Gasteiger partial charge in [-0.15, -0.1) is 0 Å². The van der Waals surface area contributed by atoms with Crippen molar-refractivity contribution >= 4 is 0 Å². The van der Waals surface area contributed by atoms with Crippen LogP contribution in [-0.4, -0.2) is 127 Å². The molecule has 0 fully saturated rings. The molecule has 0 radical (unpaired) electrons. The van der Waals surface area contributed by atoms with Crippen molar-refractivity contribution in [2.24, 2.45) is 0 Å². The molecule has 0 unspecified atom stereocenters. The zero-order valence-corrected chi connectivity index (χ0v) is 25.8. The zero-order chi connectivity index (χ0) is 23.2. The predicted molar refractivity (Wildman–Crippen MR) is 116 cm³/mol. The first-order chi connectivity index (χ1) is 14.3. The quantitative estimate of drug-likeness (QED) is 0.176. The summed E-state index contributed by atoms with van der Waals surface area (Å²) >= 11 is 1.03. The number of methoxy groups -OCH3 is 2. The molecule has 0 saturated carbocycles. The average Bonchev–Trinajstić information content (AvgIpc) is 2.79. The van der Waals surface area contributed by atoms with Crippen LogP contribution in [0.5, 0.6) is 0 Å². The van der Waals surface area contributed by atoms with Crippen molar-refractivity contribution in [2.75, 3.05) is 107 Å². The van der Waals surface area contributed by atoms with Gasteiger partial charge in [0.1, 0.15) is 0 Å². The molecule has 0 atom stereocenters. The van der Waals surface area contributed by atoms with Crippen LogP contribution in [0.1, 0.15) is 20.8 Å². The van der Waals surface area contributed by atoms with Crippen molar-refractivity contribution in [2.45, 2.75) is 25.2 Å². The van der Waals surface area contributed by atoms with Crippen LogP contribution in [0.25, 0.3) is 0 Å². The van der Waals surface area contributed by atoms with Gasteiger partial charge in [0, 0.05) is 54.1 Å². The first-order valence-electron chi connectivity index (χ1n) is 10.6. The second-order valence-electron chi connectivity index (χ2n) is 5.21. The molecule has 0 bridgehead atoms. The van der Waals surface area contributed by atoms with E-state index in [0.717, 1.165) is 72.6 Å². The molecule has 177 valence electrons. The Balaban J connectivity index is -0.000000472. The molecule has 0 aromatic carbocycles. The minimum atomic E-state index is 0.157. The van der Waals surface area contributed by atoms with Gasteiger partial charge >= 0.3 is 30.6 Å². The van der Waals surface area contributed by atoms with E-state index >= 15 is 0 Å². The Bertz CT molecular complexity index is 245. The summed E-state index contributed by atoms with van der Waals surface area (Å²) in [6.07, 6.45) is 0. The summed E-state index contributed by atoms with van der Waals surface area (Å²) < 4.78 is 23.5. The number of rotatable bonds is 18. The zero-order valence-electron chi connectivity index (χ0n) is 20.3. The van der Waals surface area contributed by atoms with Gasteiger partial charge in [-0.05, 0) is 6.54 Å². The Labute approximate surface area is 196 Å². The van der Waals surface area contributed by atoms with Gasteiger partial charge in [-0.1, -0.05) is 20.8 Å². The number of hydrogen-bond donors (Lipinski definition) is 2. The summed E-state index contributed by atoms with van der Waals surface area (Å²) in [6.45, 7) is 15.4. The van der Waals surface area contributed by atoms with Gasteiger partial charge in [-0.25, -0.2) is 0 Å². The Kier molecular flexibility index (Phi) is 49.9. The number of aliphatic hydroxyl groups excluding tert-OH is 2. The summed E-state index contributed by atoms with van der Waals surface area (Å²) in [6, 6.07) is 0. The molecule has 0 aliphatic carbocycles. The van der Waals surface area contributed by atoms with Gasteiger partial charge in [-0.2, -0.15) is 0 Å². The van der Waals surface area contributed by atoms with Gasteiger partial charge in [0.15, 0.2) is 0 Å². The molecule has 8 nitrogen and oxygen atoms in total. The van der Waals surface area contributed by atoms with Crippen molar-refractivity contribution in [3.8, 4) is 0 Å². The summed E-state index contributed by atoms with van der Waals surface area (Å²) in [5.41, 5.74) is 0. The monoisotopic (exact) mass is 615 g/mol. The van der Waals surface area contributed by atoms with Crippen LogP contribution in [0, 0.1) is 0 Å². The second kappa shape index (κ2) is 39.1. The fraction of sp³-hybridized carbons (Fsp3) is 1.00. The molecule has 29 heavy (non-hydrogen) atoms. The van der Waals surface area contributed by atoms with E-state index in [1.54, 1.807) is 14.2 Å². The molecule has 0 aromatic rings. The number of likely N-dealkylation sites (N-methyl/N-ethyl adjacent to an activating group) is 1. The van der Waals surface area contributed by atoms with Crippen LogP contribution in [0.2, 0.25) is 4.43 Å². The van der Waals surface area contributed by atoms with Crippen molar-refractivity contribution in [3.63, 3.8) is 0 Å². The van der Waals surface area contributed by atoms with Crippen LogP contribution in [0.15, 0.2) is 0 Å². The maximum absolute atomic E-state index is 9.00. The Morgan fingerprint density at radius 2 is 1.03 bits per heavy atom. The number of aliphatic hydroxyl groups is 2. The molecule has 0 aliphatic rings. The third-order valence-electron chi connectivity index (χ3n) is 3.56. The molecule has 0 heterocycles. The van der Waals surface area contributed by atoms with Crippen LogP contribution in [-0.2, 0) is 45.1 Å².